The summed E-state index contributed by atoms with van der Waals surface area (Å²) in [5, 5.41) is 3.04. The lowest BCUT2D eigenvalue weighted by atomic mass is 10.0. The fraction of sp³-hybridized carbons (Fsp3) is 0.273. The molecule has 4 rings (SSSR count). The second-order valence-electron chi connectivity index (χ2n) is 7.57. The third kappa shape index (κ3) is 3.41. The van der Waals surface area contributed by atoms with Crippen molar-refractivity contribution in [1.29, 1.82) is 0 Å². The van der Waals surface area contributed by atoms with Gasteiger partial charge in [0.1, 0.15) is 5.82 Å². The molecule has 154 valence electrons. The number of aromatic amines is 2. The van der Waals surface area contributed by atoms with Crippen LogP contribution in [0.1, 0.15) is 43.0 Å². The van der Waals surface area contributed by atoms with Crippen molar-refractivity contribution < 1.29 is 4.79 Å². The van der Waals surface area contributed by atoms with Crippen LogP contribution >= 0.6 is 0 Å². The van der Waals surface area contributed by atoms with E-state index in [9.17, 15) is 14.4 Å². The highest BCUT2D eigenvalue weighted by molar-refractivity contribution is 5.97. The number of nitrogens with zero attached hydrogens (tertiary/aromatic N) is 2. The average Bonchev–Trinajstić information content (AvgIpc) is 3.16. The molecule has 0 aliphatic heterocycles. The van der Waals surface area contributed by atoms with Gasteiger partial charge in [0.25, 0.3) is 5.91 Å². The number of amides is 1. The molecule has 2 aromatic heterocycles. The van der Waals surface area contributed by atoms with Gasteiger partial charge in [0.05, 0.1) is 28.1 Å². The first-order chi connectivity index (χ1) is 14.4. The van der Waals surface area contributed by atoms with E-state index in [1.807, 2.05) is 38.1 Å². The van der Waals surface area contributed by atoms with Crippen LogP contribution in [0.2, 0.25) is 0 Å². The van der Waals surface area contributed by atoms with Crippen LogP contribution in [0.5, 0.6) is 0 Å². The van der Waals surface area contributed by atoms with Gasteiger partial charge in [-0.15, -0.1) is 0 Å². The lowest BCUT2D eigenvalue weighted by Gasteiger charge is -2.20. The van der Waals surface area contributed by atoms with E-state index in [-0.39, 0.29) is 17.9 Å². The van der Waals surface area contributed by atoms with Crippen molar-refractivity contribution in [1.82, 2.24) is 24.8 Å². The van der Waals surface area contributed by atoms with Crippen molar-refractivity contribution in [3.05, 3.63) is 74.6 Å². The van der Waals surface area contributed by atoms with Gasteiger partial charge in [-0.2, -0.15) is 0 Å². The van der Waals surface area contributed by atoms with Gasteiger partial charge < -0.3 is 19.9 Å². The Balaban J connectivity index is 1.69. The molecule has 1 amide bonds. The maximum Gasteiger partial charge on any atom is 0.316 e. The summed E-state index contributed by atoms with van der Waals surface area (Å²) >= 11 is 0. The van der Waals surface area contributed by atoms with E-state index in [0.29, 0.717) is 29.0 Å². The number of aryl methyl sites for hydroxylation is 1. The minimum atomic E-state index is -0.704. The summed E-state index contributed by atoms with van der Waals surface area (Å²) in [6, 6.07) is 12.3. The molecular formula is C22H23N5O3. The number of rotatable bonds is 5. The number of aromatic nitrogens is 4. The van der Waals surface area contributed by atoms with Gasteiger partial charge in [0.2, 0.25) is 0 Å². The summed E-state index contributed by atoms with van der Waals surface area (Å²) in [6.45, 7) is 6.18. The van der Waals surface area contributed by atoms with E-state index in [4.69, 9.17) is 0 Å². The molecule has 1 unspecified atom stereocenters. The standard InChI is InChI=1S/C22H23N5O3/c1-4-27-17-10-9-13(11-16(17)25-21(29)22(27)30)20(28)26-18(12(2)3)19-23-14-7-5-6-8-15(14)24-19/h5-12,18H,4H2,1-3H3,(H,23,24)(H,25,29)(H,26,28). The minimum Gasteiger partial charge on any atom is -0.342 e. The van der Waals surface area contributed by atoms with Crippen molar-refractivity contribution in [2.24, 2.45) is 5.92 Å². The lowest BCUT2D eigenvalue weighted by Crippen LogP contribution is -2.36. The Labute approximate surface area is 172 Å². The van der Waals surface area contributed by atoms with Gasteiger partial charge >= 0.3 is 11.1 Å². The predicted molar refractivity (Wildman–Crippen MR) is 116 cm³/mol. The second-order valence-corrected chi connectivity index (χ2v) is 7.57. The number of nitrogens with one attached hydrogen (secondary N) is 3. The Morgan fingerprint density at radius 3 is 2.57 bits per heavy atom. The second kappa shape index (κ2) is 7.62. The molecule has 0 spiro atoms. The third-order valence-corrected chi connectivity index (χ3v) is 5.21. The molecule has 4 aromatic rings. The summed E-state index contributed by atoms with van der Waals surface area (Å²) in [7, 11) is 0. The first-order valence-corrected chi connectivity index (χ1v) is 9.91. The molecule has 0 radical (unpaired) electrons. The van der Waals surface area contributed by atoms with Crippen LogP contribution < -0.4 is 16.4 Å². The van der Waals surface area contributed by atoms with Crippen molar-refractivity contribution in [2.45, 2.75) is 33.4 Å². The maximum atomic E-state index is 13.0. The molecule has 0 saturated carbocycles. The number of benzene rings is 2. The first kappa shape index (κ1) is 19.6. The molecule has 2 heterocycles. The molecule has 0 aliphatic rings. The van der Waals surface area contributed by atoms with Gasteiger partial charge in [-0.25, -0.2) is 4.98 Å². The monoisotopic (exact) mass is 405 g/mol. The normalized spacial score (nSPS) is 12.5. The number of hydrogen-bond acceptors (Lipinski definition) is 4. The van der Waals surface area contributed by atoms with Crippen LogP contribution in [-0.2, 0) is 6.54 Å². The lowest BCUT2D eigenvalue weighted by molar-refractivity contribution is 0.0923. The molecule has 8 heteroatoms. The number of carbonyl (C=O) groups is 1. The number of carbonyl (C=O) groups excluding carboxylic acids is 1. The Bertz CT molecular complexity index is 1330. The minimum absolute atomic E-state index is 0.0973. The predicted octanol–water partition coefficient (Wildman–Crippen LogP) is 2.71. The summed E-state index contributed by atoms with van der Waals surface area (Å²) < 4.78 is 1.39. The topological polar surface area (TPSA) is 113 Å². The fourth-order valence-corrected chi connectivity index (χ4v) is 3.63. The van der Waals surface area contributed by atoms with Crippen LogP contribution in [0.15, 0.2) is 52.1 Å². The highest BCUT2D eigenvalue weighted by Crippen LogP contribution is 2.23. The van der Waals surface area contributed by atoms with Gasteiger partial charge in [-0.05, 0) is 43.2 Å². The maximum absolute atomic E-state index is 13.0. The molecule has 2 aromatic carbocycles. The Kier molecular flexibility index (Phi) is 4.99. The molecule has 0 fully saturated rings. The van der Waals surface area contributed by atoms with Crippen molar-refractivity contribution in [3.63, 3.8) is 0 Å². The number of H-pyrrole nitrogens is 2. The molecular weight excluding hydrogens is 382 g/mol. The van der Waals surface area contributed by atoms with Gasteiger partial charge in [-0.3, -0.25) is 14.4 Å². The van der Waals surface area contributed by atoms with E-state index >= 15 is 0 Å². The molecule has 0 saturated heterocycles. The van der Waals surface area contributed by atoms with Crippen molar-refractivity contribution in [3.8, 4) is 0 Å². The average molecular weight is 405 g/mol. The Morgan fingerprint density at radius 1 is 1.10 bits per heavy atom. The van der Waals surface area contributed by atoms with Gasteiger partial charge in [0, 0.05) is 12.1 Å². The van der Waals surface area contributed by atoms with Crippen LogP contribution in [0, 0.1) is 5.92 Å². The zero-order valence-corrected chi connectivity index (χ0v) is 17.0. The van der Waals surface area contributed by atoms with Gasteiger partial charge in [-0.1, -0.05) is 26.0 Å². The Hall–Kier alpha value is -3.68. The molecule has 30 heavy (non-hydrogen) atoms. The highest BCUT2D eigenvalue weighted by atomic mass is 16.2. The van der Waals surface area contributed by atoms with Crippen LogP contribution in [0.4, 0.5) is 0 Å². The zero-order chi connectivity index (χ0) is 21.4. The largest absolute Gasteiger partial charge is 0.342 e. The molecule has 3 N–H and O–H groups in total. The number of para-hydroxylation sites is 2. The Morgan fingerprint density at radius 2 is 1.87 bits per heavy atom. The molecule has 0 bridgehead atoms. The zero-order valence-electron chi connectivity index (χ0n) is 17.0. The quantitative estimate of drug-likeness (QED) is 0.443. The summed E-state index contributed by atoms with van der Waals surface area (Å²) in [5.74, 6) is 0.500. The third-order valence-electron chi connectivity index (χ3n) is 5.21. The fourth-order valence-electron chi connectivity index (χ4n) is 3.63. The summed E-state index contributed by atoms with van der Waals surface area (Å²) in [4.78, 5) is 47.4. The van der Waals surface area contributed by atoms with E-state index in [1.54, 1.807) is 25.1 Å². The van der Waals surface area contributed by atoms with Gasteiger partial charge in [0.15, 0.2) is 0 Å². The molecule has 8 nitrogen and oxygen atoms in total. The summed E-state index contributed by atoms with van der Waals surface area (Å²) in [6.07, 6.45) is 0. The number of imidazole rings is 1. The van der Waals surface area contributed by atoms with E-state index < -0.39 is 11.1 Å². The number of hydrogen-bond donors (Lipinski definition) is 3. The number of fused-ring (bicyclic) bond motifs is 2. The van der Waals surface area contributed by atoms with Crippen LogP contribution in [0.3, 0.4) is 0 Å². The highest BCUT2D eigenvalue weighted by Gasteiger charge is 2.23. The van der Waals surface area contributed by atoms with E-state index in [0.717, 1.165) is 11.0 Å². The smallest absolute Gasteiger partial charge is 0.316 e. The van der Waals surface area contributed by atoms with Crippen LogP contribution in [0.25, 0.3) is 22.1 Å². The molecule has 0 aliphatic carbocycles. The van der Waals surface area contributed by atoms with Crippen LogP contribution in [-0.4, -0.2) is 25.4 Å². The van der Waals surface area contributed by atoms with Crippen molar-refractivity contribution >= 4 is 28.0 Å². The molecule has 1 atom stereocenters. The first-order valence-electron chi connectivity index (χ1n) is 9.91. The summed E-state index contributed by atoms with van der Waals surface area (Å²) in [5.41, 5.74) is 1.86. The SMILES string of the molecule is CCn1c(=O)c(=O)[nH]c2cc(C(=O)NC(c3nc4ccccc4[nH]3)C(C)C)ccc21. The van der Waals surface area contributed by atoms with Crippen molar-refractivity contribution in [2.75, 3.05) is 0 Å². The van der Waals surface area contributed by atoms with E-state index in [1.165, 1.54) is 4.57 Å². The van der Waals surface area contributed by atoms with E-state index in [2.05, 4.69) is 20.3 Å².